The summed E-state index contributed by atoms with van der Waals surface area (Å²) in [4.78, 5) is 10.3. The second-order valence-corrected chi connectivity index (χ2v) is 17.0. The summed E-state index contributed by atoms with van der Waals surface area (Å²) < 4.78 is 0. The molecule has 10 aromatic rings. The summed E-state index contributed by atoms with van der Waals surface area (Å²) in [6, 6.07) is 82.6. The van der Waals surface area contributed by atoms with Crippen LogP contribution < -0.4 is 0 Å². The summed E-state index contributed by atoms with van der Waals surface area (Å²) in [6.45, 7) is 4.70. The molecule has 0 atom stereocenters. The third-order valence-electron chi connectivity index (χ3n) is 12.7. The highest BCUT2D eigenvalue weighted by atomic mass is 14.7. The van der Waals surface area contributed by atoms with Crippen LogP contribution in [0.5, 0.6) is 0 Å². The Morgan fingerprint density at radius 2 is 0.492 bits per heavy atom. The molecule has 8 aromatic carbocycles. The van der Waals surface area contributed by atoms with Gasteiger partial charge in [-0.3, -0.25) is 0 Å². The van der Waals surface area contributed by atoms with Crippen molar-refractivity contribution in [2.45, 2.75) is 19.3 Å². The van der Waals surface area contributed by atoms with Crippen LogP contribution in [0.15, 0.2) is 231 Å². The van der Waals surface area contributed by atoms with Crippen LogP contribution in [0.3, 0.4) is 0 Å². The maximum Gasteiger partial charge on any atom is 0.0715 e. The lowest BCUT2D eigenvalue weighted by molar-refractivity contribution is 0.660. The minimum atomic E-state index is -0.104. The van der Waals surface area contributed by atoms with Crippen molar-refractivity contribution >= 4 is 0 Å². The molecule has 2 heteroatoms. The molecule has 298 valence electrons. The van der Waals surface area contributed by atoms with Gasteiger partial charge in [-0.05, 0) is 103 Å². The highest BCUT2D eigenvalue weighted by molar-refractivity contribution is 5.88. The Balaban J connectivity index is 0.909. The zero-order chi connectivity index (χ0) is 42.3. The zero-order valence-corrected chi connectivity index (χ0v) is 35.3. The number of pyridine rings is 2. The Kier molecular flexibility index (Phi) is 9.55. The van der Waals surface area contributed by atoms with Crippen LogP contribution in [0.25, 0.3) is 101 Å². The molecule has 0 amide bonds. The van der Waals surface area contributed by atoms with Gasteiger partial charge >= 0.3 is 0 Å². The molecule has 0 unspecified atom stereocenters. The van der Waals surface area contributed by atoms with Gasteiger partial charge in [0.25, 0.3) is 0 Å². The van der Waals surface area contributed by atoms with E-state index in [2.05, 4.69) is 232 Å². The van der Waals surface area contributed by atoms with E-state index in [4.69, 9.17) is 9.97 Å². The summed E-state index contributed by atoms with van der Waals surface area (Å²) in [5, 5.41) is 0. The van der Waals surface area contributed by atoms with Crippen LogP contribution in [0.4, 0.5) is 0 Å². The van der Waals surface area contributed by atoms with Gasteiger partial charge in [-0.2, -0.15) is 0 Å². The number of fused-ring (bicyclic) bond motifs is 3. The molecule has 2 nitrogen and oxygen atoms in total. The second-order valence-electron chi connectivity index (χ2n) is 17.0. The Morgan fingerprint density at radius 3 is 0.825 bits per heavy atom. The van der Waals surface area contributed by atoms with Crippen LogP contribution >= 0.6 is 0 Å². The molecular formula is C61H44N2. The summed E-state index contributed by atoms with van der Waals surface area (Å²) in [5.74, 6) is 0. The fourth-order valence-electron chi connectivity index (χ4n) is 9.26. The Morgan fingerprint density at radius 1 is 0.238 bits per heavy atom. The highest BCUT2D eigenvalue weighted by Crippen LogP contribution is 2.51. The van der Waals surface area contributed by atoms with Crippen molar-refractivity contribution in [2.75, 3.05) is 0 Å². The molecule has 0 spiro atoms. The third kappa shape index (κ3) is 7.26. The van der Waals surface area contributed by atoms with E-state index < -0.39 is 0 Å². The van der Waals surface area contributed by atoms with Gasteiger partial charge in [0.1, 0.15) is 0 Å². The van der Waals surface area contributed by atoms with E-state index in [0.717, 1.165) is 56.2 Å². The fraction of sp³-hybridized carbons (Fsp3) is 0.0492. The molecule has 1 aliphatic rings. The molecule has 0 saturated heterocycles. The Bertz CT molecular complexity index is 2910. The molecule has 2 heterocycles. The number of nitrogens with zero attached hydrogens (tertiary/aromatic N) is 2. The van der Waals surface area contributed by atoms with Gasteiger partial charge < -0.3 is 0 Å². The summed E-state index contributed by atoms with van der Waals surface area (Å²) in [5.41, 5.74) is 22.9. The van der Waals surface area contributed by atoms with Crippen molar-refractivity contribution in [3.05, 3.63) is 242 Å². The first kappa shape index (κ1) is 38.0. The van der Waals surface area contributed by atoms with Crippen molar-refractivity contribution in [3.63, 3.8) is 0 Å². The van der Waals surface area contributed by atoms with E-state index in [1.165, 1.54) is 55.6 Å². The lowest BCUT2D eigenvalue weighted by Gasteiger charge is -2.21. The second kappa shape index (κ2) is 15.8. The molecule has 0 fully saturated rings. The predicted octanol–water partition coefficient (Wildman–Crippen LogP) is 16.1. The van der Waals surface area contributed by atoms with Crippen molar-refractivity contribution in [3.8, 4) is 101 Å². The van der Waals surface area contributed by atoms with Crippen LogP contribution in [-0.4, -0.2) is 9.97 Å². The van der Waals surface area contributed by atoms with Gasteiger partial charge in [-0.25, -0.2) is 9.97 Å². The van der Waals surface area contributed by atoms with Crippen LogP contribution in [0.2, 0.25) is 0 Å². The first-order valence-electron chi connectivity index (χ1n) is 21.7. The van der Waals surface area contributed by atoms with Gasteiger partial charge in [0.15, 0.2) is 0 Å². The minimum Gasteiger partial charge on any atom is -0.248 e. The number of rotatable bonds is 8. The largest absolute Gasteiger partial charge is 0.248 e. The molecule has 2 aromatic heterocycles. The minimum absolute atomic E-state index is 0.104. The fourth-order valence-corrected chi connectivity index (χ4v) is 9.26. The molecule has 63 heavy (non-hydrogen) atoms. The van der Waals surface area contributed by atoms with Gasteiger partial charge in [0.05, 0.1) is 22.8 Å². The summed E-state index contributed by atoms with van der Waals surface area (Å²) >= 11 is 0. The maximum absolute atomic E-state index is 5.17. The predicted molar refractivity (Wildman–Crippen MR) is 263 cm³/mol. The Labute approximate surface area is 369 Å². The van der Waals surface area contributed by atoms with E-state index in [1.807, 2.05) is 12.1 Å². The maximum atomic E-state index is 5.17. The lowest BCUT2D eigenvalue weighted by atomic mass is 9.82. The average molecular weight is 805 g/mol. The number of aromatic nitrogens is 2. The van der Waals surface area contributed by atoms with E-state index in [1.54, 1.807) is 0 Å². The third-order valence-corrected chi connectivity index (χ3v) is 12.7. The first-order valence-corrected chi connectivity index (χ1v) is 21.7. The van der Waals surface area contributed by atoms with Gasteiger partial charge in [-0.1, -0.05) is 208 Å². The normalized spacial score (nSPS) is 12.4. The molecular weight excluding hydrogens is 761 g/mol. The number of hydrogen-bond acceptors (Lipinski definition) is 2. The van der Waals surface area contributed by atoms with Crippen LogP contribution in [0, 0.1) is 0 Å². The SMILES string of the molecule is CC1(C)c2ccc(-c3ccc(-c4cc(-c5ccccc5)cc(-c5ccccc5)n4)cc3)cc2-c2cc(-c3ccc(-c4cc(-c5ccccc5)cc(-c5ccccc5)n4)cc3)ccc21. The van der Waals surface area contributed by atoms with Crippen molar-refractivity contribution in [2.24, 2.45) is 0 Å². The van der Waals surface area contributed by atoms with Crippen molar-refractivity contribution in [1.29, 1.82) is 0 Å². The highest BCUT2D eigenvalue weighted by Gasteiger charge is 2.35. The van der Waals surface area contributed by atoms with Gasteiger partial charge in [0.2, 0.25) is 0 Å². The first-order chi connectivity index (χ1) is 30.9. The van der Waals surface area contributed by atoms with E-state index in [9.17, 15) is 0 Å². The van der Waals surface area contributed by atoms with Crippen LogP contribution in [0.1, 0.15) is 25.0 Å². The number of hydrogen-bond donors (Lipinski definition) is 0. The van der Waals surface area contributed by atoms with Crippen molar-refractivity contribution < 1.29 is 0 Å². The molecule has 0 N–H and O–H groups in total. The van der Waals surface area contributed by atoms with Gasteiger partial charge in [-0.15, -0.1) is 0 Å². The van der Waals surface area contributed by atoms with Crippen molar-refractivity contribution in [1.82, 2.24) is 9.97 Å². The van der Waals surface area contributed by atoms with E-state index >= 15 is 0 Å². The van der Waals surface area contributed by atoms with Gasteiger partial charge in [0, 0.05) is 27.7 Å². The quantitative estimate of drug-likeness (QED) is 0.153. The number of benzene rings is 8. The standard InChI is InChI=1S/C61H44N2/c1-61(2)55-33-31-49(43-23-27-47(28-24-43)59-39-51(41-15-7-3-8-16-41)37-57(62-59)45-19-11-5-12-20-45)35-53(55)54-36-50(32-34-56(54)61)44-25-29-48(30-26-44)60-40-52(42-17-9-4-10-18-42)38-58(63-60)46-21-13-6-14-22-46/h3-40H,1-2H3. The Hall–Kier alpha value is -7.94. The molecule has 0 radical (unpaired) electrons. The van der Waals surface area contributed by atoms with Crippen LogP contribution in [-0.2, 0) is 5.41 Å². The van der Waals surface area contributed by atoms with E-state index in [0.29, 0.717) is 0 Å². The summed E-state index contributed by atoms with van der Waals surface area (Å²) in [6.07, 6.45) is 0. The average Bonchev–Trinajstić information content (AvgIpc) is 3.59. The molecule has 1 aliphatic carbocycles. The molecule has 0 bridgehead atoms. The molecule has 11 rings (SSSR count). The van der Waals surface area contributed by atoms with E-state index in [-0.39, 0.29) is 5.41 Å². The molecule has 0 aliphatic heterocycles. The smallest absolute Gasteiger partial charge is 0.0715 e. The monoisotopic (exact) mass is 804 g/mol. The summed E-state index contributed by atoms with van der Waals surface area (Å²) in [7, 11) is 0. The molecule has 0 saturated carbocycles. The zero-order valence-electron chi connectivity index (χ0n) is 35.3. The topological polar surface area (TPSA) is 25.8 Å². The lowest BCUT2D eigenvalue weighted by Crippen LogP contribution is -2.14.